The quantitative estimate of drug-likeness (QED) is 0.871. The Bertz CT molecular complexity index is 586. The first-order chi connectivity index (χ1) is 11.0. The number of aromatic nitrogens is 1. The van der Waals surface area contributed by atoms with Crippen LogP contribution >= 0.6 is 0 Å². The van der Waals surface area contributed by atoms with Crippen LogP contribution in [-0.2, 0) is 11.3 Å². The van der Waals surface area contributed by atoms with Crippen LogP contribution in [0.2, 0.25) is 0 Å². The predicted octanol–water partition coefficient (Wildman–Crippen LogP) is 1.04. The second-order valence-corrected chi connectivity index (χ2v) is 6.76. The van der Waals surface area contributed by atoms with Crippen molar-refractivity contribution in [2.45, 2.75) is 44.8 Å². The second kappa shape index (κ2) is 6.45. The topological polar surface area (TPSA) is 76.9 Å². The number of hydrogen-bond donors (Lipinski definition) is 2. The third kappa shape index (κ3) is 3.48. The van der Waals surface area contributed by atoms with Gasteiger partial charge in [0.2, 0.25) is 0 Å². The molecule has 2 fully saturated rings. The fraction of sp³-hybridized carbons (Fsp3) is 0.647. The minimum Gasteiger partial charge on any atom is -0.506 e. The molecule has 0 radical (unpaired) electrons. The van der Waals surface area contributed by atoms with E-state index < -0.39 is 5.60 Å². The molecule has 1 unspecified atom stereocenters. The predicted molar refractivity (Wildman–Crippen MR) is 85.9 cm³/mol. The van der Waals surface area contributed by atoms with Crippen molar-refractivity contribution in [2.24, 2.45) is 0 Å². The highest BCUT2D eigenvalue weighted by Crippen LogP contribution is 2.27. The van der Waals surface area contributed by atoms with Gasteiger partial charge in [-0.15, -0.1) is 0 Å². The first-order valence-corrected chi connectivity index (χ1v) is 8.37. The smallest absolute Gasteiger partial charge is 0.255 e. The van der Waals surface area contributed by atoms with Gasteiger partial charge < -0.3 is 15.1 Å². The van der Waals surface area contributed by atoms with Crippen molar-refractivity contribution in [3.05, 3.63) is 23.5 Å². The summed E-state index contributed by atoms with van der Waals surface area (Å²) in [5.74, 6) is 0.0247. The van der Waals surface area contributed by atoms with E-state index in [9.17, 15) is 15.0 Å². The lowest BCUT2D eigenvalue weighted by Gasteiger charge is -2.39. The van der Waals surface area contributed by atoms with Crippen LogP contribution in [0.15, 0.2) is 12.1 Å². The lowest BCUT2D eigenvalue weighted by atomic mass is 9.91. The Morgan fingerprint density at radius 2 is 2.00 bits per heavy atom. The van der Waals surface area contributed by atoms with E-state index in [-0.39, 0.29) is 11.7 Å². The third-order valence-electron chi connectivity index (χ3n) is 4.80. The van der Waals surface area contributed by atoms with Crippen molar-refractivity contribution >= 4 is 5.91 Å². The molecular weight excluding hydrogens is 294 g/mol. The van der Waals surface area contributed by atoms with E-state index in [1.165, 1.54) is 0 Å². The molecule has 1 aromatic heterocycles. The number of aryl methyl sites for hydroxylation is 1. The number of rotatable bonds is 3. The lowest BCUT2D eigenvalue weighted by molar-refractivity contribution is -0.156. The monoisotopic (exact) mass is 319 g/mol. The standard InChI is InChI=1S/C17H25N3O3/c1-13-5-6-15(21)14(18-13)11-19-8-4-7-17(23,12-19)16(22)20-9-2-3-10-20/h5-6,21,23H,2-4,7-12H2,1H3. The maximum atomic E-state index is 12.6. The zero-order valence-electron chi connectivity index (χ0n) is 13.7. The number of amides is 1. The van der Waals surface area contributed by atoms with E-state index >= 15 is 0 Å². The van der Waals surface area contributed by atoms with Crippen molar-refractivity contribution < 1.29 is 15.0 Å². The molecule has 0 aliphatic carbocycles. The number of hydrogen-bond acceptors (Lipinski definition) is 5. The van der Waals surface area contributed by atoms with E-state index in [4.69, 9.17) is 0 Å². The number of likely N-dealkylation sites (tertiary alicyclic amines) is 2. The van der Waals surface area contributed by atoms with Gasteiger partial charge in [0.1, 0.15) is 5.75 Å². The minimum absolute atomic E-state index is 0.138. The van der Waals surface area contributed by atoms with Gasteiger partial charge in [0, 0.05) is 31.9 Å². The largest absolute Gasteiger partial charge is 0.506 e. The molecule has 2 N–H and O–H groups in total. The van der Waals surface area contributed by atoms with Gasteiger partial charge in [0.05, 0.1) is 5.69 Å². The number of piperidine rings is 1. The Kier molecular flexibility index (Phi) is 4.55. The Hall–Kier alpha value is -1.66. The van der Waals surface area contributed by atoms with Crippen molar-refractivity contribution in [2.75, 3.05) is 26.2 Å². The van der Waals surface area contributed by atoms with Gasteiger partial charge in [0.15, 0.2) is 5.60 Å². The first kappa shape index (κ1) is 16.2. The Morgan fingerprint density at radius 1 is 1.26 bits per heavy atom. The van der Waals surface area contributed by atoms with Gasteiger partial charge in [-0.3, -0.25) is 14.7 Å². The average Bonchev–Trinajstić information content (AvgIpc) is 3.04. The van der Waals surface area contributed by atoms with Gasteiger partial charge in [-0.25, -0.2) is 0 Å². The van der Waals surface area contributed by atoms with E-state index in [1.807, 2.05) is 11.8 Å². The normalized spacial score (nSPS) is 25.7. The maximum Gasteiger partial charge on any atom is 0.255 e. The summed E-state index contributed by atoms with van der Waals surface area (Å²) in [6, 6.07) is 3.41. The highest BCUT2D eigenvalue weighted by molar-refractivity contribution is 5.85. The summed E-state index contributed by atoms with van der Waals surface area (Å²) in [4.78, 5) is 20.8. The molecule has 3 heterocycles. The molecule has 0 aromatic carbocycles. The molecule has 0 saturated carbocycles. The fourth-order valence-corrected chi connectivity index (χ4v) is 3.58. The number of β-amino-alcohol motifs (C(OH)–C–C–N with tert-alkyl or cyclic N) is 1. The van der Waals surface area contributed by atoms with Crippen LogP contribution in [0.3, 0.4) is 0 Å². The molecular formula is C17H25N3O3. The Labute approximate surface area is 136 Å². The van der Waals surface area contributed by atoms with Crippen LogP contribution < -0.4 is 0 Å². The molecule has 126 valence electrons. The molecule has 3 rings (SSSR count). The van der Waals surface area contributed by atoms with Crippen LogP contribution in [0.5, 0.6) is 5.75 Å². The van der Waals surface area contributed by atoms with E-state index in [2.05, 4.69) is 4.98 Å². The van der Waals surface area contributed by atoms with E-state index in [0.29, 0.717) is 25.2 Å². The molecule has 2 aliphatic heterocycles. The summed E-state index contributed by atoms with van der Waals surface area (Å²) >= 11 is 0. The van der Waals surface area contributed by atoms with Crippen molar-refractivity contribution in [1.82, 2.24) is 14.8 Å². The van der Waals surface area contributed by atoms with Gasteiger partial charge in [0.25, 0.3) is 5.91 Å². The molecule has 6 nitrogen and oxygen atoms in total. The summed E-state index contributed by atoms with van der Waals surface area (Å²) in [5, 5.41) is 20.8. The molecule has 2 aliphatic rings. The van der Waals surface area contributed by atoms with Crippen LogP contribution in [0.1, 0.15) is 37.1 Å². The zero-order chi connectivity index (χ0) is 16.4. The van der Waals surface area contributed by atoms with Crippen LogP contribution in [0.25, 0.3) is 0 Å². The summed E-state index contributed by atoms with van der Waals surface area (Å²) in [6.07, 6.45) is 3.31. The molecule has 1 amide bonds. The SMILES string of the molecule is Cc1ccc(O)c(CN2CCCC(O)(C(=O)N3CCCC3)C2)n1. The molecule has 1 aromatic rings. The number of aromatic hydroxyl groups is 1. The van der Waals surface area contributed by atoms with Gasteiger partial charge in [-0.2, -0.15) is 0 Å². The molecule has 2 saturated heterocycles. The molecule has 6 heteroatoms. The van der Waals surface area contributed by atoms with Crippen LogP contribution in [0.4, 0.5) is 0 Å². The first-order valence-electron chi connectivity index (χ1n) is 8.37. The second-order valence-electron chi connectivity index (χ2n) is 6.76. The van der Waals surface area contributed by atoms with Crippen LogP contribution in [-0.4, -0.2) is 62.7 Å². The lowest BCUT2D eigenvalue weighted by Crippen LogP contribution is -2.57. The molecule has 0 spiro atoms. The number of carbonyl (C=O) groups excluding carboxylic acids is 1. The van der Waals surface area contributed by atoms with Gasteiger partial charge in [-0.05, 0) is 51.3 Å². The highest BCUT2D eigenvalue weighted by atomic mass is 16.3. The van der Waals surface area contributed by atoms with E-state index in [1.54, 1.807) is 17.0 Å². The average molecular weight is 319 g/mol. The molecule has 23 heavy (non-hydrogen) atoms. The summed E-state index contributed by atoms with van der Waals surface area (Å²) in [5.41, 5.74) is 0.142. The third-order valence-corrected chi connectivity index (χ3v) is 4.80. The Morgan fingerprint density at radius 3 is 2.74 bits per heavy atom. The van der Waals surface area contributed by atoms with Crippen LogP contribution in [0, 0.1) is 6.92 Å². The number of aliphatic hydroxyl groups is 1. The summed E-state index contributed by atoms with van der Waals surface area (Å²) in [6.45, 7) is 4.93. The van der Waals surface area contributed by atoms with Crippen molar-refractivity contribution in [3.63, 3.8) is 0 Å². The highest BCUT2D eigenvalue weighted by Gasteiger charge is 2.43. The zero-order valence-corrected chi connectivity index (χ0v) is 13.7. The van der Waals surface area contributed by atoms with Crippen molar-refractivity contribution in [3.8, 4) is 5.75 Å². The summed E-state index contributed by atoms with van der Waals surface area (Å²) in [7, 11) is 0. The van der Waals surface area contributed by atoms with Gasteiger partial charge >= 0.3 is 0 Å². The number of nitrogens with zero attached hydrogens (tertiary/aromatic N) is 3. The molecule has 0 bridgehead atoms. The molecule has 1 atom stereocenters. The minimum atomic E-state index is -1.30. The fourth-order valence-electron chi connectivity index (χ4n) is 3.58. The number of pyridine rings is 1. The maximum absolute atomic E-state index is 12.6. The Balaban J connectivity index is 1.70. The van der Waals surface area contributed by atoms with Gasteiger partial charge in [-0.1, -0.05) is 0 Å². The van der Waals surface area contributed by atoms with E-state index in [0.717, 1.165) is 44.6 Å². The van der Waals surface area contributed by atoms with Crippen molar-refractivity contribution in [1.29, 1.82) is 0 Å². The number of carbonyl (C=O) groups is 1. The summed E-state index contributed by atoms with van der Waals surface area (Å²) < 4.78 is 0.